The van der Waals surface area contributed by atoms with Crippen molar-refractivity contribution in [3.63, 3.8) is 0 Å². The molecule has 0 amide bonds. The largest absolute Gasteiger partial charge is 0.478 e. The van der Waals surface area contributed by atoms with Crippen LogP contribution in [-0.4, -0.2) is 19.6 Å². The van der Waals surface area contributed by atoms with Gasteiger partial charge in [0.2, 0.25) is 0 Å². The van der Waals surface area contributed by atoms with Crippen LogP contribution < -0.4 is 24.6 Å². The maximum absolute atomic E-state index is 9.63. The highest BCUT2D eigenvalue weighted by molar-refractivity contribution is 7.60. The summed E-state index contributed by atoms with van der Waals surface area (Å²) in [7, 11) is -10.1. The van der Waals surface area contributed by atoms with Crippen molar-refractivity contribution in [2.45, 2.75) is 0 Å². The molecule has 0 rings (SSSR count). The lowest BCUT2D eigenvalue weighted by atomic mass is 14.0. The third-order valence-electron chi connectivity index (χ3n) is 0.213. The molecule has 11 nitrogen and oxygen atoms in total. The van der Waals surface area contributed by atoms with Gasteiger partial charge < -0.3 is 44.2 Å². The Morgan fingerprint density at radius 3 is 0.846 bits per heavy atom. The van der Waals surface area contributed by atoms with E-state index in [0.717, 1.165) is 0 Å². The molecule has 0 aromatic rings. The van der Waals surface area contributed by atoms with Crippen LogP contribution in [0.25, 0.3) is 0 Å². The highest BCUT2D eigenvalue weighted by Gasteiger charge is 2.27. The Morgan fingerprint density at radius 1 is 0.692 bits per heavy atom. The van der Waals surface area contributed by atoms with Gasteiger partial charge in [-0.3, -0.25) is 0 Å². The molecule has 0 atom stereocenters. The standard InChI is InChI=1S/4H3N.H4O7P2/c;;;;1-8(2,3)7-9(4,5)6/h4*1H3;(H2,1,2,3)(H2,4,5,6). The van der Waals surface area contributed by atoms with Gasteiger partial charge in [-0.25, -0.2) is 9.13 Å². The van der Waals surface area contributed by atoms with Gasteiger partial charge in [-0.05, 0) is 0 Å². The fourth-order valence-electron chi connectivity index (χ4n) is 0.139. The Morgan fingerprint density at radius 2 is 0.846 bits per heavy atom. The second-order valence-corrected chi connectivity index (χ2v) is 3.68. The van der Waals surface area contributed by atoms with Gasteiger partial charge in [-0.1, -0.05) is 0 Å². The molecule has 0 saturated heterocycles. The van der Waals surface area contributed by atoms with E-state index in [9.17, 15) is 9.13 Å². The van der Waals surface area contributed by atoms with Crippen LogP contribution >= 0.6 is 15.6 Å². The van der Waals surface area contributed by atoms with E-state index in [-0.39, 0.29) is 24.6 Å². The highest BCUT2D eigenvalue weighted by atomic mass is 31.3. The van der Waals surface area contributed by atoms with Crippen molar-refractivity contribution in [2.75, 3.05) is 0 Å². The molecule has 88 valence electrons. The summed E-state index contributed by atoms with van der Waals surface area (Å²) in [6.45, 7) is 0. The van der Waals surface area contributed by atoms with Gasteiger partial charge in [-0.2, -0.15) is 4.31 Å². The summed E-state index contributed by atoms with van der Waals surface area (Å²) in [4.78, 5) is 31.0. The molecular weight excluding hydrogens is 230 g/mol. The van der Waals surface area contributed by atoms with Crippen LogP contribution in [0, 0.1) is 0 Å². The third-order valence-corrected chi connectivity index (χ3v) is 1.91. The predicted molar refractivity (Wildman–Crippen MR) is 45.3 cm³/mol. The first-order valence-corrected chi connectivity index (χ1v) is 4.59. The second-order valence-electron chi connectivity index (χ2n) is 1.06. The zero-order chi connectivity index (χ0) is 7.71. The quantitative estimate of drug-likeness (QED) is 0.296. The molecule has 13 heavy (non-hydrogen) atoms. The smallest absolute Gasteiger partial charge is 0.344 e. The van der Waals surface area contributed by atoms with Crippen molar-refractivity contribution in [3.8, 4) is 0 Å². The topological polar surface area (TPSA) is 264 Å². The number of hydrogen-bond donors (Lipinski definition) is 8. The summed E-state index contributed by atoms with van der Waals surface area (Å²) in [5.74, 6) is 0. The van der Waals surface area contributed by atoms with E-state index in [0.29, 0.717) is 0 Å². The van der Waals surface area contributed by atoms with Crippen LogP contribution in [0.1, 0.15) is 0 Å². The molecule has 0 spiro atoms. The van der Waals surface area contributed by atoms with Gasteiger partial charge in [-0.15, -0.1) is 0 Å². The number of phosphoric acid groups is 2. The molecule has 0 radical (unpaired) electrons. The van der Waals surface area contributed by atoms with Gasteiger partial charge in [0.15, 0.2) is 0 Å². The van der Waals surface area contributed by atoms with Gasteiger partial charge in [0.25, 0.3) is 0 Å². The first-order chi connectivity index (χ1) is 3.71. The van der Waals surface area contributed by atoms with Crippen LogP contribution in [0.3, 0.4) is 0 Å². The third kappa shape index (κ3) is 33.2. The number of hydrogen-bond acceptors (Lipinski definition) is 7. The SMILES string of the molecule is N.N.N.N.O=P(O)(O)OP(=O)(O)O. The molecule has 0 aliphatic rings. The summed E-state index contributed by atoms with van der Waals surface area (Å²) < 4.78 is 22.2. The molecule has 0 unspecified atom stereocenters. The second kappa shape index (κ2) is 8.69. The average Bonchev–Trinajstić information content (AvgIpc) is 1.14. The van der Waals surface area contributed by atoms with Gasteiger partial charge in [0.05, 0.1) is 0 Å². The van der Waals surface area contributed by atoms with Gasteiger partial charge in [0, 0.05) is 0 Å². The molecule has 0 aromatic heterocycles. The van der Waals surface area contributed by atoms with Crippen molar-refractivity contribution in [2.24, 2.45) is 0 Å². The van der Waals surface area contributed by atoms with E-state index in [4.69, 9.17) is 19.6 Å². The Balaban J connectivity index is -0.0000000533. The van der Waals surface area contributed by atoms with Crippen LogP contribution in [0.2, 0.25) is 0 Å². The van der Waals surface area contributed by atoms with E-state index in [2.05, 4.69) is 4.31 Å². The van der Waals surface area contributed by atoms with E-state index < -0.39 is 15.6 Å². The van der Waals surface area contributed by atoms with Crippen molar-refractivity contribution >= 4 is 15.6 Å². The molecule has 13 heteroatoms. The first kappa shape index (κ1) is 29.2. The van der Waals surface area contributed by atoms with Crippen molar-refractivity contribution < 1.29 is 33.0 Å². The van der Waals surface area contributed by atoms with Gasteiger partial charge >= 0.3 is 15.6 Å². The molecule has 0 aromatic carbocycles. The van der Waals surface area contributed by atoms with Crippen molar-refractivity contribution in [1.29, 1.82) is 0 Å². The lowest BCUT2D eigenvalue weighted by Gasteiger charge is -2.03. The number of rotatable bonds is 2. The average molecular weight is 246 g/mol. The minimum absolute atomic E-state index is 0. The van der Waals surface area contributed by atoms with E-state index in [1.807, 2.05) is 0 Å². The molecule has 0 saturated carbocycles. The maximum Gasteiger partial charge on any atom is 0.478 e. The zero-order valence-corrected chi connectivity index (χ0v) is 8.53. The molecule has 0 aliphatic heterocycles. The van der Waals surface area contributed by atoms with Crippen molar-refractivity contribution in [3.05, 3.63) is 0 Å². The molecule has 16 N–H and O–H groups in total. The monoisotopic (exact) mass is 246 g/mol. The zero-order valence-electron chi connectivity index (χ0n) is 6.74. The lowest BCUT2D eigenvalue weighted by Crippen LogP contribution is -1.84. The van der Waals surface area contributed by atoms with E-state index >= 15 is 0 Å². The molecule has 0 bridgehead atoms. The predicted octanol–water partition coefficient (Wildman–Crippen LogP) is -0.164. The minimum atomic E-state index is -5.05. The minimum Gasteiger partial charge on any atom is -0.344 e. The van der Waals surface area contributed by atoms with Crippen LogP contribution in [0.5, 0.6) is 0 Å². The summed E-state index contributed by atoms with van der Waals surface area (Å²) in [6, 6.07) is 0. The molecule has 0 aliphatic carbocycles. The van der Waals surface area contributed by atoms with E-state index in [1.165, 1.54) is 0 Å². The molecule has 0 heterocycles. The summed E-state index contributed by atoms with van der Waals surface area (Å²) in [5, 5.41) is 0. The Hall–Kier alpha value is 0.100. The fraction of sp³-hybridized carbons (Fsp3) is 0. The van der Waals surface area contributed by atoms with Crippen LogP contribution in [0.15, 0.2) is 0 Å². The Bertz CT molecular complexity index is 159. The molecule has 0 fully saturated rings. The molecular formula is H16N4O7P2. The fourth-order valence-corrected chi connectivity index (χ4v) is 1.25. The lowest BCUT2D eigenvalue weighted by molar-refractivity contribution is 0.225. The van der Waals surface area contributed by atoms with Crippen LogP contribution in [-0.2, 0) is 13.4 Å². The van der Waals surface area contributed by atoms with Crippen LogP contribution in [0.4, 0.5) is 0 Å². The van der Waals surface area contributed by atoms with Crippen molar-refractivity contribution in [1.82, 2.24) is 24.6 Å². The summed E-state index contributed by atoms with van der Waals surface area (Å²) in [5.41, 5.74) is 0. The van der Waals surface area contributed by atoms with E-state index in [1.54, 1.807) is 0 Å². The summed E-state index contributed by atoms with van der Waals surface area (Å²) >= 11 is 0. The first-order valence-electron chi connectivity index (χ1n) is 1.53. The maximum atomic E-state index is 9.63. The normalized spacial score (nSPS) is 9.54. The highest BCUT2D eigenvalue weighted by Crippen LogP contribution is 2.53. The van der Waals surface area contributed by atoms with Gasteiger partial charge in [0.1, 0.15) is 0 Å². The Labute approximate surface area is 74.3 Å². The summed E-state index contributed by atoms with van der Waals surface area (Å²) in [6.07, 6.45) is 0. The Kier molecular flexibility index (Phi) is 19.5.